The number of hydrogen-bond acceptors (Lipinski definition) is 2. The molecular formula is C9H12N2OS. The number of carbonyl (C=O) groups is 1. The lowest BCUT2D eigenvalue weighted by Crippen LogP contribution is -2.25. The molecule has 1 atom stereocenters. The molecule has 1 aromatic heterocycles. The van der Waals surface area contributed by atoms with Crippen molar-refractivity contribution in [3.05, 3.63) is 21.9 Å². The minimum Gasteiger partial charge on any atom is -0.336 e. The lowest BCUT2D eigenvalue weighted by molar-refractivity contribution is 0.217. The van der Waals surface area contributed by atoms with Crippen molar-refractivity contribution in [2.75, 3.05) is 13.6 Å². The van der Waals surface area contributed by atoms with Crippen molar-refractivity contribution in [1.82, 2.24) is 10.2 Å². The minimum absolute atomic E-state index is 0.0257. The van der Waals surface area contributed by atoms with Crippen LogP contribution in [0.5, 0.6) is 0 Å². The second-order valence-corrected chi connectivity index (χ2v) is 4.23. The highest BCUT2D eigenvalue weighted by Gasteiger charge is 2.29. The van der Waals surface area contributed by atoms with Gasteiger partial charge in [-0.05, 0) is 23.9 Å². The summed E-state index contributed by atoms with van der Waals surface area (Å²) in [5.74, 6) is 0. The average molecular weight is 196 g/mol. The smallest absolute Gasteiger partial charge is 0.317 e. The van der Waals surface area contributed by atoms with Crippen LogP contribution in [0.4, 0.5) is 4.79 Å². The first-order valence-corrected chi connectivity index (χ1v) is 5.13. The number of aryl methyl sites for hydroxylation is 1. The topological polar surface area (TPSA) is 32.3 Å². The van der Waals surface area contributed by atoms with Gasteiger partial charge in [-0.2, -0.15) is 0 Å². The van der Waals surface area contributed by atoms with E-state index in [0.29, 0.717) is 0 Å². The van der Waals surface area contributed by atoms with E-state index in [-0.39, 0.29) is 12.1 Å². The Morgan fingerprint density at radius 2 is 2.46 bits per heavy atom. The second kappa shape index (κ2) is 3.03. The third-order valence-corrected chi connectivity index (χ3v) is 3.56. The highest BCUT2D eigenvalue weighted by Crippen LogP contribution is 2.29. The van der Waals surface area contributed by atoms with E-state index in [0.717, 1.165) is 6.54 Å². The van der Waals surface area contributed by atoms with E-state index in [1.54, 1.807) is 16.2 Å². The highest BCUT2D eigenvalue weighted by molar-refractivity contribution is 7.10. The second-order valence-electron chi connectivity index (χ2n) is 3.28. The Labute approximate surface area is 81.4 Å². The van der Waals surface area contributed by atoms with E-state index in [2.05, 4.69) is 23.7 Å². The molecule has 1 aliphatic heterocycles. The summed E-state index contributed by atoms with van der Waals surface area (Å²) >= 11 is 1.72. The van der Waals surface area contributed by atoms with Crippen molar-refractivity contribution >= 4 is 17.4 Å². The van der Waals surface area contributed by atoms with Crippen LogP contribution in [-0.2, 0) is 0 Å². The zero-order chi connectivity index (χ0) is 9.42. The van der Waals surface area contributed by atoms with Gasteiger partial charge in [0.25, 0.3) is 0 Å². The fourth-order valence-corrected chi connectivity index (χ4v) is 2.65. The third-order valence-electron chi connectivity index (χ3n) is 2.44. The fourth-order valence-electron chi connectivity index (χ4n) is 1.58. The average Bonchev–Trinajstić information content (AvgIpc) is 2.62. The van der Waals surface area contributed by atoms with E-state index in [9.17, 15) is 4.79 Å². The largest absolute Gasteiger partial charge is 0.336 e. The molecule has 0 aromatic carbocycles. The number of likely N-dealkylation sites (N-methyl/N-ethyl adjacent to an activating group) is 1. The van der Waals surface area contributed by atoms with Crippen molar-refractivity contribution in [2.24, 2.45) is 0 Å². The van der Waals surface area contributed by atoms with Gasteiger partial charge in [-0.15, -0.1) is 11.3 Å². The summed E-state index contributed by atoms with van der Waals surface area (Å²) in [6, 6.07) is 2.35. The standard InChI is InChI=1S/C9H12N2OS/c1-6-3-4-13-8(6)7-5-10-9(12)11(7)2/h3-4,7H,5H2,1-2H3,(H,10,12). The molecule has 2 heterocycles. The molecule has 3 nitrogen and oxygen atoms in total. The maximum Gasteiger partial charge on any atom is 0.317 e. The fraction of sp³-hybridized carbons (Fsp3) is 0.444. The molecule has 1 saturated heterocycles. The molecule has 1 aliphatic rings. The van der Waals surface area contributed by atoms with Gasteiger partial charge in [-0.3, -0.25) is 0 Å². The molecule has 13 heavy (non-hydrogen) atoms. The summed E-state index contributed by atoms with van der Waals surface area (Å²) in [6.07, 6.45) is 0. The van der Waals surface area contributed by atoms with E-state index in [1.165, 1.54) is 10.4 Å². The monoisotopic (exact) mass is 196 g/mol. The lowest BCUT2D eigenvalue weighted by Gasteiger charge is -2.17. The maximum absolute atomic E-state index is 11.2. The van der Waals surface area contributed by atoms with E-state index in [1.807, 2.05) is 7.05 Å². The Morgan fingerprint density at radius 3 is 2.92 bits per heavy atom. The van der Waals surface area contributed by atoms with Crippen LogP contribution in [-0.4, -0.2) is 24.5 Å². The molecule has 2 rings (SSSR count). The van der Waals surface area contributed by atoms with Gasteiger partial charge in [0.2, 0.25) is 0 Å². The normalized spacial score (nSPS) is 22.2. The Morgan fingerprint density at radius 1 is 1.69 bits per heavy atom. The molecule has 1 N–H and O–H groups in total. The van der Waals surface area contributed by atoms with Crippen molar-refractivity contribution in [3.63, 3.8) is 0 Å². The minimum atomic E-state index is 0.0257. The molecule has 0 aliphatic carbocycles. The van der Waals surface area contributed by atoms with Crippen LogP contribution in [0.25, 0.3) is 0 Å². The molecule has 0 radical (unpaired) electrons. The first-order valence-electron chi connectivity index (χ1n) is 4.25. The predicted octanol–water partition coefficient (Wildman–Crippen LogP) is 1.75. The van der Waals surface area contributed by atoms with Gasteiger partial charge in [0.1, 0.15) is 0 Å². The molecule has 4 heteroatoms. The van der Waals surface area contributed by atoms with Gasteiger partial charge in [-0.25, -0.2) is 4.79 Å². The molecule has 1 fully saturated rings. The van der Waals surface area contributed by atoms with Gasteiger partial charge in [0.05, 0.1) is 6.04 Å². The first-order chi connectivity index (χ1) is 6.20. The summed E-state index contributed by atoms with van der Waals surface area (Å²) in [4.78, 5) is 14.3. The van der Waals surface area contributed by atoms with Crippen LogP contribution in [0.3, 0.4) is 0 Å². The summed E-state index contributed by atoms with van der Waals surface area (Å²) < 4.78 is 0. The van der Waals surface area contributed by atoms with Gasteiger partial charge in [0.15, 0.2) is 0 Å². The highest BCUT2D eigenvalue weighted by atomic mass is 32.1. The number of nitrogens with zero attached hydrogens (tertiary/aromatic N) is 1. The number of urea groups is 1. The van der Waals surface area contributed by atoms with Gasteiger partial charge in [-0.1, -0.05) is 0 Å². The summed E-state index contributed by atoms with van der Waals surface area (Å²) in [5, 5.41) is 4.90. The maximum atomic E-state index is 11.2. The van der Waals surface area contributed by atoms with Crippen molar-refractivity contribution in [2.45, 2.75) is 13.0 Å². The number of thiophene rings is 1. The molecule has 0 spiro atoms. The van der Waals surface area contributed by atoms with Crippen molar-refractivity contribution in [3.8, 4) is 0 Å². The van der Waals surface area contributed by atoms with E-state index >= 15 is 0 Å². The Bertz CT molecular complexity index is 334. The summed E-state index contributed by atoms with van der Waals surface area (Å²) in [7, 11) is 1.84. The van der Waals surface area contributed by atoms with E-state index in [4.69, 9.17) is 0 Å². The Hall–Kier alpha value is -1.03. The van der Waals surface area contributed by atoms with E-state index < -0.39 is 0 Å². The van der Waals surface area contributed by atoms with Crippen LogP contribution in [0.15, 0.2) is 11.4 Å². The molecule has 70 valence electrons. The SMILES string of the molecule is Cc1ccsc1C1CNC(=O)N1C. The molecule has 1 unspecified atom stereocenters. The van der Waals surface area contributed by atoms with Gasteiger partial charge in [0, 0.05) is 18.5 Å². The van der Waals surface area contributed by atoms with Crippen LogP contribution < -0.4 is 5.32 Å². The van der Waals surface area contributed by atoms with Crippen LogP contribution >= 0.6 is 11.3 Å². The number of amides is 2. The first kappa shape index (κ1) is 8.56. The summed E-state index contributed by atoms with van der Waals surface area (Å²) in [6.45, 7) is 2.82. The number of nitrogens with one attached hydrogen (secondary N) is 1. The number of rotatable bonds is 1. The molecule has 0 saturated carbocycles. The van der Waals surface area contributed by atoms with Gasteiger partial charge < -0.3 is 10.2 Å². The Kier molecular flexibility index (Phi) is 2.00. The Balaban J connectivity index is 2.28. The van der Waals surface area contributed by atoms with Crippen LogP contribution in [0, 0.1) is 6.92 Å². The van der Waals surface area contributed by atoms with Crippen LogP contribution in [0.1, 0.15) is 16.5 Å². The van der Waals surface area contributed by atoms with Crippen molar-refractivity contribution in [1.29, 1.82) is 0 Å². The van der Waals surface area contributed by atoms with Crippen molar-refractivity contribution < 1.29 is 4.79 Å². The van der Waals surface area contributed by atoms with Crippen LogP contribution in [0.2, 0.25) is 0 Å². The zero-order valence-corrected chi connectivity index (χ0v) is 8.52. The molecular weight excluding hydrogens is 184 g/mol. The quantitative estimate of drug-likeness (QED) is 0.729. The third kappa shape index (κ3) is 1.31. The molecule has 0 bridgehead atoms. The molecule has 2 amide bonds. The van der Waals surface area contributed by atoms with Gasteiger partial charge >= 0.3 is 6.03 Å². The summed E-state index contributed by atoms with van der Waals surface area (Å²) in [5.41, 5.74) is 1.28. The lowest BCUT2D eigenvalue weighted by atomic mass is 10.2. The number of hydrogen-bond donors (Lipinski definition) is 1. The molecule has 1 aromatic rings. The predicted molar refractivity (Wildman–Crippen MR) is 53.0 cm³/mol. The zero-order valence-electron chi connectivity index (χ0n) is 7.70. The number of carbonyl (C=O) groups excluding carboxylic acids is 1.